The molecule has 0 fully saturated rings. The summed E-state index contributed by atoms with van der Waals surface area (Å²) in [5.74, 6) is 0.444. The molecule has 4 aromatic carbocycles. The molecule has 0 aliphatic carbocycles. The number of carbonyl (C=O) groups excluding carboxylic acids is 1. The van der Waals surface area contributed by atoms with Crippen LogP contribution in [0.25, 0.3) is 21.8 Å². The van der Waals surface area contributed by atoms with E-state index in [1.165, 1.54) is 32.9 Å². The molecule has 5 rings (SSSR count). The number of rotatable bonds is 11. The smallest absolute Gasteiger partial charge is 0.314 e. The molecular weight excluding hydrogens is 498 g/mol. The van der Waals surface area contributed by atoms with Crippen molar-refractivity contribution in [2.75, 3.05) is 5.75 Å². The van der Waals surface area contributed by atoms with Crippen LogP contribution >= 0.6 is 11.9 Å². The van der Waals surface area contributed by atoms with Crippen molar-refractivity contribution < 1.29 is 9.53 Å². The fraction of sp³-hybridized carbons (Fsp3) is 0.286. The van der Waals surface area contributed by atoms with E-state index >= 15 is 0 Å². The maximum atomic E-state index is 13.5. The van der Waals surface area contributed by atoms with E-state index in [1.807, 2.05) is 44.0 Å². The lowest BCUT2D eigenvalue weighted by molar-refractivity contribution is -0.149. The molecule has 4 heteroatoms. The van der Waals surface area contributed by atoms with Crippen LogP contribution in [-0.4, -0.2) is 21.8 Å². The SMILES string of the molecule is CCCc1cc(C(Cc2ccccc2)C(=O)OC(C)C)cc2c1c1ccccc1n2SCCc1ccccc1. The number of hydrogen-bond donors (Lipinski definition) is 0. The Kier molecular flexibility index (Phi) is 8.73. The van der Waals surface area contributed by atoms with Crippen molar-refractivity contribution in [3.8, 4) is 0 Å². The first-order valence-corrected chi connectivity index (χ1v) is 15.0. The van der Waals surface area contributed by atoms with E-state index in [-0.39, 0.29) is 18.0 Å². The fourth-order valence-corrected chi connectivity index (χ4v) is 6.47. The summed E-state index contributed by atoms with van der Waals surface area (Å²) < 4.78 is 8.20. The van der Waals surface area contributed by atoms with Crippen molar-refractivity contribution in [3.63, 3.8) is 0 Å². The number of aryl methyl sites for hydroxylation is 2. The molecule has 1 heterocycles. The lowest BCUT2D eigenvalue weighted by Crippen LogP contribution is -2.22. The van der Waals surface area contributed by atoms with Crippen molar-refractivity contribution in [2.24, 2.45) is 0 Å². The highest BCUT2D eigenvalue weighted by Gasteiger charge is 2.26. The minimum Gasteiger partial charge on any atom is -0.462 e. The quantitative estimate of drug-likeness (QED) is 0.158. The second-order valence-corrected chi connectivity index (χ2v) is 11.5. The number of hydrogen-bond acceptors (Lipinski definition) is 3. The monoisotopic (exact) mass is 535 g/mol. The summed E-state index contributed by atoms with van der Waals surface area (Å²) >= 11 is 1.85. The van der Waals surface area contributed by atoms with Gasteiger partial charge < -0.3 is 4.74 Å². The van der Waals surface area contributed by atoms with Gasteiger partial charge in [0.1, 0.15) is 0 Å². The molecule has 0 radical (unpaired) electrons. The van der Waals surface area contributed by atoms with E-state index in [1.54, 1.807) is 0 Å². The molecule has 0 aliphatic heterocycles. The third-order valence-corrected chi connectivity index (χ3v) is 8.17. The van der Waals surface area contributed by atoms with Gasteiger partial charge >= 0.3 is 5.97 Å². The van der Waals surface area contributed by atoms with Gasteiger partial charge in [-0.05, 0) is 79.4 Å². The van der Waals surface area contributed by atoms with Gasteiger partial charge in [-0.25, -0.2) is 0 Å². The molecule has 1 unspecified atom stereocenters. The number of benzene rings is 4. The normalized spacial score (nSPS) is 12.3. The van der Waals surface area contributed by atoms with Gasteiger partial charge in [-0.2, -0.15) is 0 Å². The van der Waals surface area contributed by atoms with E-state index in [0.29, 0.717) is 6.42 Å². The summed E-state index contributed by atoms with van der Waals surface area (Å²) in [6, 6.07) is 34.2. The largest absolute Gasteiger partial charge is 0.462 e. The number of aromatic nitrogens is 1. The Morgan fingerprint density at radius 3 is 2.18 bits per heavy atom. The second-order valence-electron chi connectivity index (χ2n) is 10.4. The summed E-state index contributed by atoms with van der Waals surface area (Å²) in [4.78, 5) is 13.5. The van der Waals surface area contributed by atoms with Gasteiger partial charge in [0.15, 0.2) is 0 Å². The fourth-order valence-electron chi connectivity index (χ4n) is 5.38. The number of ether oxygens (including phenoxy) is 1. The van der Waals surface area contributed by atoms with Crippen molar-refractivity contribution in [1.29, 1.82) is 0 Å². The van der Waals surface area contributed by atoms with Crippen LogP contribution in [0.15, 0.2) is 97.1 Å². The molecule has 0 aliphatic rings. The second kappa shape index (κ2) is 12.6. The first-order valence-electron chi connectivity index (χ1n) is 14.0. The van der Waals surface area contributed by atoms with Gasteiger partial charge in [-0.15, -0.1) is 0 Å². The highest BCUT2D eigenvalue weighted by Crippen LogP contribution is 2.38. The van der Waals surface area contributed by atoms with E-state index in [4.69, 9.17) is 4.74 Å². The number of para-hydroxylation sites is 1. The van der Waals surface area contributed by atoms with Crippen LogP contribution in [-0.2, 0) is 28.8 Å². The number of nitrogens with zero attached hydrogens (tertiary/aromatic N) is 1. The Bertz CT molecular complexity index is 1540. The highest BCUT2D eigenvalue weighted by atomic mass is 32.2. The van der Waals surface area contributed by atoms with Crippen molar-refractivity contribution >= 4 is 39.7 Å². The van der Waals surface area contributed by atoms with E-state index in [2.05, 4.69) is 89.8 Å². The first-order chi connectivity index (χ1) is 19.0. The molecule has 0 bridgehead atoms. The van der Waals surface area contributed by atoms with Crippen LogP contribution < -0.4 is 0 Å². The molecule has 0 spiro atoms. The van der Waals surface area contributed by atoms with Crippen molar-refractivity contribution in [2.45, 2.75) is 58.5 Å². The zero-order valence-corrected chi connectivity index (χ0v) is 23.9. The van der Waals surface area contributed by atoms with E-state index < -0.39 is 0 Å². The zero-order chi connectivity index (χ0) is 27.2. The molecule has 0 N–H and O–H groups in total. The Morgan fingerprint density at radius 2 is 1.49 bits per heavy atom. The summed E-state index contributed by atoms with van der Waals surface area (Å²) in [7, 11) is 0. The van der Waals surface area contributed by atoms with Crippen LogP contribution in [0.1, 0.15) is 55.4 Å². The lowest BCUT2D eigenvalue weighted by Gasteiger charge is -2.20. The van der Waals surface area contributed by atoms with Gasteiger partial charge in [0, 0.05) is 16.5 Å². The molecule has 200 valence electrons. The minimum atomic E-state index is -0.365. The molecule has 39 heavy (non-hydrogen) atoms. The van der Waals surface area contributed by atoms with Gasteiger partial charge in [0.05, 0.1) is 23.1 Å². The summed E-state index contributed by atoms with van der Waals surface area (Å²) in [6.45, 7) is 6.07. The van der Waals surface area contributed by atoms with Crippen LogP contribution in [0.2, 0.25) is 0 Å². The van der Waals surface area contributed by atoms with E-state index in [0.717, 1.165) is 36.1 Å². The van der Waals surface area contributed by atoms with Crippen molar-refractivity contribution in [3.05, 3.63) is 119 Å². The molecule has 0 amide bonds. The van der Waals surface area contributed by atoms with Crippen LogP contribution in [0.4, 0.5) is 0 Å². The Morgan fingerprint density at radius 1 is 0.821 bits per heavy atom. The Labute approximate surface area is 236 Å². The number of fused-ring (bicyclic) bond motifs is 3. The van der Waals surface area contributed by atoms with Gasteiger partial charge in [0.2, 0.25) is 0 Å². The standard InChI is InChI=1S/C35H37NO2S/c1-4-13-28-23-29(31(35(37)38-25(2)3)22-27-16-9-6-10-17-27)24-33-34(28)30-18-11-12-19-32(30)36(33)39-21-20-26-14-7-5-8-15-26/h5-12,14-19,23-25,31H,4,13,20-22H2,1-3H3. The Hall–Kier alpha value is -3.50. The molecule has 3 nitrogen and oxygen atoms in total. The summed E-state index contributed by atoms with van der Waals surface area (Å²) in [6.07, 6.45) is 3.46. The molecule has 1 atom stereocenters. The average Bonchev–Trinajstić information content (AvgIpc) is 3.26. The zero-order valence-electron chi connectivity index (χ0n) is 23.1. The summed E-state index contributed by atoms with van der Waals surface area (Å²) in [5, 5.41) is 2.58. The maximum absolute atomic E-state index is 13.5. The predicted octanol–water partition coefficient (Wildman–Crippen LogP) is 8.76. The minimum absolute atomic E-state index is 0.157. The highest BCUT2D eigenvalue weighted by molar-refractivity contribution is 7.98. The number of carbonyl (C=O) groups is 1. The van der Waals surface area contributed by atoms with Crippen LogP contribution in [0, 0.1) is 0 Å². The number of esters is 1. The van der Waals surface area contributed by atoms with Crippen LogP contribution in [0.5, 0.6) is 0 Å². The molecule has 1 aromatic heterocycles. The van der Waals surface area contributed by atoms with Gasteiger partial charge in [-0.3, -0.25) is 8.77 Å². The molecule has 0 saturated heterocycles. The average molecular weight is 536 g/mol. The predicted molar refractivity (Wildman–Crippen MR) is 166 cm³/mol. The topological polar surface area (TPSA) is 31.2 Å². The third kappa shape index (κ3) is 6.23. The first kappa shape index (κ1) is 27.1. The van der Waals surface area contributed by atoms with Crippen molar-refractivity contribution in [1.82, 2.24) is 3.97 Å². The molecule has 5 aromatic rings. The Balaban J connectivity index is 1.62. The van der Waals surface area contributed by atoms with Gasteiger partial charge in [-0.1, -0.05) is 98.3 Å². The molecule has 0 saturated carbocycles. The molecular formula is C35H37NO2S. The maximum Gasteiger partial charge on any atom is 0.314 e. The van der Waals surface area contributed by atoms with Gasteiger partial charge in [0.25, 0.3) is 0 Å². The summed E-state index contributed by atoms with van der Waals surface area (Å²) in [5.41, 5.74) is 7.23. The lowest BCUT2D eigenvalue weighted by atomic mass is 9.88. The third-order valence-electron chi connectivity index (χ3n) is 7.13. The van der Waals surface area contributed by atoms with Crippen LogP contribution in [0.3, 0.4) is 0 Å². The van der Waals surface area contributed by atoms with E-state index in [9.17, 15) is 4.79 Å².